The molecule has 1 saturated heterocycles. The van der Waals surface area contributed by atoms with Gasteiger partial charge in [-0.15, -0.1) is 0 Å². The number of nitrogens with one attached hydrogen (secondary N) is 2. The van der Waals surface area contributed by atoms with Crippen molar-refractivity contribution in [2.75, 3.05) is 19.6 Å². The third kappa shape index (κ3) is 3.93. The standard InChI is InChI=1S/C19H25N5OS/c1-2-8-22-19(25)13-6-7-15-14(11-13)23-18(17(21)16(12-20)26-15)24-9-4-3-5-10-24/h6-7,11-12,20H,2-5,8-10,21H2,1H3,(H,22,25). The summed E-state index contributed by atoms with van der Waals surface area (Å²) in [6, 6.07) is 5.51. The van der Waals surface area contributed by atoms with Gasteiger partial charge in [-0.05, 0) is 43.9 Å². The molecule has 26 heavy (non-hydrogen) atoms. The number of fused-ring (bicyclic) bond motifs is 1. The summed E-state index contributed by atoms with van der Waals surface area (Å²) in [4.78, 5) is 20.9. The summed E-state index contributed by atoms with van der Waals surface area (Å²) in [5, 5.41) is 10.6. The minimum atomic E-state index is -0.0909. The lowest BCUT2D eigenvalue weighted by atomic mass is 10.1. The molecule has 7 heteroatoms. The molecule has 0 radical (unpaired) electrons. The van der Waals surface area contributed by atoms with Crippen LogP contribution in [0.3, 0.4) is 0 Å². The Hall–Kier alpha value is -2.28. The normalized spacial score (nSPS) is 17.3. The molecule has 0 bridgehead atoms. The third-order valence-electron chi connectivity index (χ3n) is 4.50. The molecule has 1 amide bonds. The SMILES string of the molecule is CCCNC(=O)c1ccc2c(c1)N=C(N1CCCCC1)C(N)=C(C=N)S2. The van der Waals surface area contributed by atoms with Crippen molar-refractivity contribution in [1.82, 2.24) is 10.2 Å². The molecule has 2 heterocycles. The van der Waals surface area contributed by atoms with Crippen molar-refractivity contribution < 1.29 is 4.79 Å². The molecular weight excluding hydrogens is 346 g/mol. The van der Waals surface area contributed by atoms with Gasteiger partial charge in [-0.1, -0.05) is 18.7 Å². The highest BCUT2D eigenvalue weighted by Gasteiger charge is 2.24. The minimum absolute atomic E-state index is 0.0909. The first-order valence-corrected chi connectivity index (χ1v) is 9.90. The van der Waals surface area contributed by atoms with E-state index in [-0.39, 0.29) is 5.91 Å². The molecule has 2 aliphatic heterocycles. The van der Waals surface area contributed by atoms with Crippen molar-refractivity contribution in [3.05, 3.63) is 34.4 Å². The molecule has 3 rings (SSSR count). The average Bonchev–Trinajstić information content (AvgIpc) is 2.82. The van der Waals surface area contributed by atoms with Gasteiger partial charge in [0.25, 0.3) is 5.91 Å². The summed E-state index contributed by atoms with van der Waals surface area (Å²) in [6.45, 7) is 4.51. The number of hydrogen-bond donors (Lipinski definition) is 3. The van der Waals surface area contributed by atoms with Crippen molar-refractivity contribution >= 4 is 35.4 Å². The number of amidine groups is 1. The molecule has 1 aromatic carbocycles. The second-order valence-electron chi connectivity index (χ2n) is 6.45. The highest BCUT2D eigenvalue weighted by atomic mass is 32.2. The van der Waals surface area contributed by atoms with Crippen LogP contribution in [0.1, 0.15) is 43.0 Å². The van der Waals surface area contributed by atoms with E-state index in [2.05, 4.69) is 10.2 Å². The summed E-state index contributed by atoms with van der Waals surface area (Å²) in [6.07, 6.45) is 5.64. The van der Waals surface area contributed by atoms with E-state index in [1.807, 2.05) is 19.1 Å². The lowest BCUT2D eigenvalue weighted by Crippen LogP contribution is -2.38. The Labute approximate surface area is 158 Å². The zero-order valence-electron chi connectivity index (χ0n) is 15.0. The quantitative estimate of drug-likeness (QED) is 0.708. The van der Waals surface area contributed by atoms with Crippen LogP contribution < -0.4 is 11.1 Å². The van der Waals surface area contributed by atoms with Crippen molar-refractivity contribution in [3.8, 4) is 0 Å². The third-order valence-corrected chi connectivity index (χ3v) is 5.62. The van der Waals surface area contributed by atoms with Gasteiger partial charge in [0, 0.05) is 36.3 Å². The molecule has 0 saturated carbocycles. The van der Waals surface area contributed by atoms with Crippen LogP contribution in [0.4, 0.5) is 5.69 Å². The van der Waals surface area contributed by atoms with Gasteiger partial charge in [-0.2, -0.15) is 0 Å². The Morgan fingerprint density at radius 1 is 1.38 bits per heavy atom. The number of carbonyl (C=O) groups excluding carboxylic acids is 1. The topological polar surface area (TPSA) is 94.6 Å². The van der Waals surface area contributed by atoms with E-state index in [0.29, 0.717) is 22.7 Å². The van der Waals surface area contributed by atoms with Crippen molar-refractivity contribution in [3.63, 3.8) is 0 Å². The van der Waals surface area contributed by atoms with E-state index in [4.69, 9.17) is 16.1 Å². The van der Waals surface area contributed by atoms with Crippen molar-refractivity contribution in [2.45, 2.75) is 37.5 Å². The van der Waals surface area contributed by atoms with Crippen LogP contribution in [0.15, 0.2) is 38.7 Å². The fourth-order valence-corrected chi connectivity index (χ4v) is 3.93. The van der Waals surface area contributed by atoms with Gasteiger partial charge in [-0.3, -0.25) is 4.79 Å². The van der Waals surface area contributed by atoms with E-state index < -0.39 is 0 Å². The van der Waals surface area contributed by atoms with Crippen LogP contribution in [0, 0.1) is 5.41 Å². The predicted octanol–water partition coefficient (Wildman–Crippen LogP) is 3.27. The Bertz CT molecular complexity index is 765. The van der Waals surface area contributed by atoms with Crippen molar-refractivity contribution in [1.29, 1.82) is 5.41 Å². The number of benzene rings is 1. The van der Waals surface area contributed by atoms with Gasteiger partial charge in [0.2, 0.25) is 0 Å². The average molecular weight is 372 g/mol. The molecule has 138 valence electrons. The van der Waals surface area contributed by atoms with E-state index in [1.165, 1.54) is 24.4 Å². The Morgan fingerprint density at radius 3 is 2.85 bits per heavy atom. The number of likely N-dealkylation sites (tertiary alicyclic amines) is 1. The van der Waals surface area contributed by atoms with Crippen LogP contribution in [-0.2, 0) is 0 Å². The number of thioether (sulfide) groups is 1. The number of aliphatic imine (C=N–C) groups is 1. The molecule has 1 fully saturated rings. The first kappa shape index (κ1) is 18.5. The van der Waals surface area contributed by atoms with Crippen LogP contribution >= 0.6 is 11.8 Å². The van der Waals surface area contributed by atoms with Gasteiger partial charge < -0.3 is 21.4 Å². The lowest BCUT2D eigenvalue weighted by molar-refractivity contribution is 0.0953. The number of piperidine rings is 1. The number of nitrogens with zero attached hydrogens (tertiary/aromatic N) is 2. The van der Waals surface area contributed by atoms with Gasteiger partial charge in [0.15, 0.2) is 5.84 Å². The first-order valence-electron chi connectivity index (χ1n) is 9.08. The summed E-state index contributed by atoms with van der Waals surface area (Å²) in [7, 11) is 0. The molecule has 0 unspecified atom stereocenters. The molecule has 0 aliphatic carbocycles. The molecule has 4 N–H and O–H groups in total. The van der Waals surface area contributed by atoms with Crippen molar-refractivity contribution in [2.24, 2.45) is 10.7 Å². The van der Waals surface area contributed by atoms with E-state index in [1.54, 1.807) is 6.07 Å². The van der Waals surface area contributed by atoms with Crippen LogP contribution in [-0.4, -0.2) is 42.5 Å². The first-order chi connectivity index (χ1) is 12.6. The van der Waals surface area contributed by atoms with Crippen LogP contribution in [0.2, 0.25) is 0 Å². The monoisotopic (exact) mass is 371 g/mol. The number of nitrogens with two attached hydrogens (primary N) is 1. The summed E-state index contributed by atoms with van der Waals surface area (Å²) < 4.78 is 0. The van der Waals surface area contributed by atoms with Crippen LogP contribution in [0.25, 0.3) is 0 Å². The predicted molar refractivity (Wildman–Crippen MR) is 107 cm³/mol. The van der Waals surface area contributed by atoms with Gasteiger partial charge in [0.1, 0.15) is 0 Å². The number of rotatable bonds is 4. The van der Waals surface area contributed by atoms with Gasteiger partial charge >= 0.3 is 0 Å². The second kappa shape index (κ2) is 8.40. The molecule has 1 aromatic rings. The highest BCUT2D eigenvalue weighted by Crippen LogP contribution is 2.39. The summed E-state index contributed by atoms with van der Waals surface area (Å²) in [5.74, 6) is 0.632. The van der Waals surface area contributed by atoms with E-state index >= 15 is 0 Å². The second-order valence-corrected chi connectivity index (χ2v) is 7.53. The molecule has 0 atom stereocenters. The maximum atomic E-state index is 12.3. The van der Waals surface area contributed by atoms with Crippen LogP contribution in [0.5, 0.6) is 0 Å². The van der Waals surface area contributed by atoms with E-state index in [9.17, 15) is 4.79 Å². The lowest BCUT2D eigenvalue weighted by Gasteiger charge is -2.30. The highest BCUT2D eigenvalue weighted by molar-refractivity contribution is 8.04. The van der Waals surface area contributed by atoms with Gasteiger partial charge in [0.05, 0.1) is 16.3 Å². The summed E-state index contributed by atoms with van der Waals surface area (Å²) >= 11 is 1.43. The maximum absolute atomic E-state index is 12.3. The zero-order chi connectivity index (χ0) is 18.5. The Morgan fingerprint density at radius 2 is 2.15 bits per heavy atom. The molecule has 2 aliphatic rings. The number of allylic oxidation sites excluding steroid dienone is 1. The molecular formula is C19H25N5OS. The smallest absolute Gasteiger partial charge is 0.251 e. The van der Waals surface area contributed by atoms with E-state index in [0.717, 1.165) is 48.8 Å². The molecule has 6 nitrogen and oxygen atoms in total. The summed E-state index contributed by atoms with van der Waals surface area (Å²) in [5.41, 5.74) is 8.23. The Kier molecular flexibility index (Phi) is 5.98. The molecule has 0 aromatic heterocycles. The zero-order valence-corrected chi connectivity index (χ0v) is 15.9. The number of amides is 1. The number of carbonyl (C=O) groups is 1. The largest absolute Gasteiger partial charge is 0.395 e. The fraction of sp³-hybridized carbons (Fsp3) is 0.421. The van der Waals surface area contributed by atoms with Gasteiger partial charge in [-0.25, -0.2) is 4.99 Å². The molecule has 0 spiro atoms. The maximum Gasteiger partial charge on any atom is 0.251 e. The number of hydrogen-bond acceptors (Lipinski definition) is 6. The Balaban J connectivity index is 2.00. The fourth-order valence-electron chi connectivity index (χ4n) is 3.08. The minimum Gasteiger partial charge on any atom is -0.395 e.